The molecule has 0 amide bonds. The van der Waals surface area contributed by atoms with E-state index < -0.39 is 17.9 Å². The molecule has 2 aromatic carbocycles. The van der Waals surface area contributed by atoms with Crippen molar-refractivity contribution >= 4 is 11.7 Å². The zero-order valence-corrected chi connectivity index (χ0v) is 20.0. The quantitative estimate of drug-likeness (QED) is 0.476. The van der Waals surface area contributed by atoms with Gasteiger partial charge in [-0.15, -0.1) is 0 Å². The minimum absolute atomic E-state index is 0.255. The molecule has 1 atom stereocenters. The highest BCUT2D eigenvalue weighted by Crippen LogP contribution is 2.43. The molecule has 3 aromatic rings. The molecule has 1 N–H and O–H groups in total. The number of dihydropyridines is 1. The first-order valence-electron chi connectivity index (χ1n) is 11.1. The van der Waals surface area contributed by atoms with Crippen LogP contribution in [0.5, 0.6) is 0 Å². The molecule has 1 aliphatic rings. The molecule has 35 heavy (non-hydrogen) atoms. The summed E-state index contributed by atoms with van der Waals surface area (Å²) in [4.78, 5) is 18.7. The Morgan fingerprint density at radius 1 is 1.11 bits per heavy atom. The van der Waals surface area contributed by atoms with Crippen molar-refractivity contribution in [3.05, 3.63) is 100 Å². The molecule has 0 aliphatic carbocycles. The van der Waals surface area contributed by atoms with Crippen LogP contribution in [0.3, 0.4) is 0 Å². The zero-order valence-electron chi connectivity index (χ0n) is 20.0. The maximum atomic E-state index is 14.2. The van der Waals surface area contributed by atoms with E-state index in [0.717, 1.165) is 12.2 Å². The third kappa shape index (κ3) is 5.58. The molecule has 0 saturated carbocycles. The van der Waals surface area contributed by atoms with Gasteiger partial charge in [0.05, 0.1) is 30.8 Å². The van der Waals surface area contributed by atoms with Crippen LogP contribution in [0, 0.1) is 5.82 Å². The van der Waals surface area contributed by atoms with Gasteiger partial charge in [0.25, 0.3) is 5.89 Å². The van der Waals surface area contributed by atoms with Gasteiger partial charge >= 0.3 is 6.16 Å². The minimum Gasteiger partial charge on any atom is -0.437 e. The second-order valence-electron chi connectivity index (χ2n) is 8.37. The van der Waals surface area contributed by atoms with Crippen LogP contribution in [0.25, 0.3) is 5.57 Å². The lowest BCUT2D eigenvalue weighted by atomic mass is 9.85. The van der Waals surface area contributed by atoms with Crippen LogP contribution in [0.4, 0.5) is 9.18 Å². The van der Waals surface area contributed by atoms with E-state index in [1.54, 1.807) is 19.1 Å². The van der Waals surface area contributed by atoms with Crippen molar-refractivity contribution in [3.8, 4) is 0 Å². The van der Waals surface area contributed by atoms with Gasteiger partial charge in [0.15, 0.2) is 5.82 Å². The van der Waals surface area contributed by atoms with E-state index >= 15 is 0 Å². The second-order valence-corrected chi connectivity index (χ2v) is 8.37. The fourth-order valence-corrected chi connectivity index (χ4v) is 4.15. The molecule has 0 spiro atoms. The van der Waals surface area contributed by atoms with E-state index in [1.807, 2.05) is 32.2 Å². The smallest absolute Gasteiger partial charge is 0.437 e. The number of rotatable bonds is 7. The molecule has 0 saturated heterocycles. The van der Waals surface area contributed by atoms with E-state index in [9.17, 15) is 9.18 Å². The van der Waals surface area contributed by atoms with Crippen LogP contribution in [0.1, 0.15) is 42.6 Å². The Labute approximate surface area is 203 Å². The van der Waals surface area contributed by atoms with Crippen molar-refractivity contribution in [2.45, 2.75) is 32.9 Å². The maximum absolute atomic E-state index is 14.2. The van der Waals surface area contributed by atoms with Crippen LogP contribution >= 0.6 is 0 Å². The Balaban J connectivity index is 1.66. The fourth-order valence-electron chi connectivity index (χ4n) is 4.15. The summed E-state index contributed by atoms with van der Waals surface area (Å²) in [5, 5.41) is 7.36. The monoisotopic (exact) mass is 478 g/mol. The summed E-state index contributed by atoms with van der Waals surface area (Å²) < 4.78 is 30.0. The Bertz CT molecular complexity index is 1270. The fraction of sp³-hybridized carbons (Fsp3) is 0.269. The molecular weight excluding hydrogens is 451 g/mol. The van der Waals surface area contributed by atoms with Gasteiger partial charge < -0.3 is 19.3 Å². The van der Waals surface area contributed by atoms with Crippen molar-refractivity contribution in [2.75, 3.05) is 14.2 Å². The number of benzene rings is 2. The Morgan fingerprint density at radius 2 is 1.89 bits per heavy atom. The third-order valence-electron chi connectivity index (χ3n) is 5.65. The van der Waals surface area contributed by atoms with Gasteiger partial charge in [-0.05, 0) is 44.2 Å². The van der Waals surface area contributed by atoms with E-state index in [1.165, 1.54) is 24.8 Å². The summed E-state index contributed by atoms with van der Waals surface area (Å²) in [5.74, 6) is -0.0588. The Morgan fingerprint density at radius 3 is 2.60 bits per heavy atom. The number of hydrogen-bond acceptors (Lipinski definition) is 8. The van der Waals surface area contributed by atoms with Crippen molar-refractivity contribution in [2.24, 2.45) is 0 Å². The molecule has 9 heteroatoms. The van der Waals surface area contributed by atoms with Crippen molar-refractivity contribution in [1.29, 1.82) is 0 Å². The average molecular weight is 479 g/mol. The van der Waals surface area contributed by atoms with E-state index in [0.29, 0.717) is 29.2 Å². The average Bonchev–Trinajstić information content (AvgIpc) is 3.28. The predicted octanol–water partition coefficient (Wildman–Crippen LogP) is 4.97. The highest BCUT2D eigenvalue weighted by molar-refractivity contribution is 5.75. The highest BCUT2D eigenvalue weighted by Gasteiger charge is 2.36. The van der Waals surface area contributed by atoms with Crippen LogP contribution in [0.2, 0.25) is 0 Å². The van der Waals surface area contributed by atoms with Gasteiger partial charge in [-0.3, -0.25) is 4.90 Å². The van der Waals surface area contributed by atoms with Gasteiger partial charge in [-0.1, -0.05) is 47.6 Å². The van der Waals surface area contributed by atoms with Crippen LogP contribution in [-0.2, 0) is 22.6 Å². The topological polar surface area (TPSA) is 89.7 Å². The largest absolute Gasteiger partial charge is 0.513 e. The van der Waals surface area contributed by atoms with Gasteiger partial charge in [0.2, 0.25) is 0 Å². The molecule has 0 radical (unpaired) electrons. The molecule has 4 rings (SSSR count). The lowest BCUT2D eigenvalue weighted by molar-refractivity contribution is 0.0928. The number of methoxy groups -OCH3 is 1. The molecule has 182 valence electrons. The number of nitrogens with one attached hydrogen (secondary N) is 1. The number of nitrogens with zero attached hydrogens (tertiary/aromatic N) is 3. The molecule has 1 aromatic heterocycles. The lowest BCUT2D eigenvalue weighted by Crippen LogP contribution is -2.26. The molecule has 1 aliphatic heterocycles. The predicted molar refractivity (Wildman–Crippen MR) is 127 cm³/mol. The van der Waals surface area contributed by atoms with E-state index in [-0.39, 0.29) is 11.6 Å². The number of hydrogen-bond donors (Lipinski definition) is 1. The van der Waals surface area contributed by atoms with Crippen molar-refractivity contribution < 1.29 is 23.2 Å². The SMILES string of the molecule is COC(=O)OC1=C(C)NC(C)=C(c2nc(CN(C)Cc3ccccc3)no2)C1c1cccc(F)c1. The van der Waals surface area contributed by atoms with Gasteiger partial charge in [0.1, 0.15) is 11.6 Å². The van der Waals surface area contributed by atoms with Gasteiger partial charge in [-0.2, -0.15) is 4.98 Å². The number of allylic oxidation sites excluding steroid dienone is 3. The number of carbonyl (C=O) groups is 1. The van der Waals surface area contributed by atoms with Crippen LogP contribution < -0.4 is 5.32 Å². The van der Waals surface area contributed by atoms with Crippen LogP contribution in [-0.4, -0.2) is 35.4 Å². The van der Waals surface area contributed by atoms with E-state index in [4.69, 9.17) is 14.0 Å². The number of halogens is 1. The lowest BCUT2D eigenvalue weighted by Gasteiger charge is -2.29. The minimum atomic E-state index is -0.879. The zero-order chi connectivity index (χ0) is 24.9. The summed E-state index contributed by atoms with van der Waals surface area (Å²) in [5.41, 5.74) is 3.64. The van der Waals surface area contributed by atoms with Crippen molar-refractivity contribution in [3.63, 3.8) is 0 Å². The molecule has 0 fully saturated rings. The number of carbonyl (C=O) groups excluding carboxylic acids is 1. The molecule has 8 nitrogen and oxygen atoms in total. The Hall–Kier alpha value is -3.98. The van der Waals surface area contributed by atoms with Crippen molar-refractivity contribution in [1.82, 2.24) is 20.4 Å². The summed E-state index contributed by atoms with van der Waals surface area (Å²) in [6.45, 7) is 4.80. The summed E-state index contributed by atoms with van der Waals surface area (Å²) >= 11 is 0. The third-order valence-corrected chi connectivity index (χ3v) is 5.65. The first-order valence-corrected chi connectivity index (χ1v) is 11.1. The maximum Gasteiger partial charge on any atom is 0.513 e. The van der Waals surface area contributed by atoms with Gasteiger partial charge in [-0.25, -0.2) is 9.18 Å². The molecule has 1 unspecified atom stereocenters. The van der Waals surface area contributed by atoms with Gasteiger partial charge in [0, 0.05) is 12.2 Å². The number of aromatic nitrogens is 2. The second kappa shape index (κ2) is 10.5. The molecule has 2 heterocycles. The normalized spacial score (nSPS) is 15.9. The van der Waals surface area contributed by atoms with Crippen LogP contribution in [0.15, 0.2) is 76.3 Å². The summed E-state index contributed by atoms with van der Waals surface area (Å²) in [6.07, 6.45) is -0.879. The van der Waals surface area contributed by atoms with E-state index in [2.05, 4.69) is 32.5 Å². The standard InChI is InChI=1S/C26H27FN4O4/c1-16-22(25-29-21(30-35-25)15-31(3)14-18-9-6-5-7-10-18)23(19-11-8-12-20(27)13-19)24(17(2)28-16)34-26(32)33-4/h5-13,23,28H,14-15H2,1-4H3. The highest BCUT2D eigenvalue weighted by atomic mass is 19.1. The summed E-state index contributed by atoms with van der Waals surface area (Å²) in [6, 6.07) is 16.2. The Kier molecular flexibility index (Phi) is 7.26. The number of ether oxygens (including phenoxy) is 2. The molecule has 0 bridgehead atoms. The first-order chi connectivity index (χ1) is 16.9. The molecular formula is C26H27FN4O4. The first kappa shape index (κ1) is 24.2. The summed E-state index contributed by atoms with van der Waals surface area (Å²) in [7, 11) is 3.20.